The predicted molar refractivity (Wildman–Crippen MR) is 150 cm³/mol. The fourth-order valence-corrected chi connectivity index (χ4v) is 5.78. The summed E-state index contributed by atoms with van der Waals surface area (Å²) in [4.78, 5) is 86.3. The molecule has 6 heterocycles. The number of H-pyrrole nitrogens is 4. The number of aromatic amines is 4. The van der Waals surface area contributed by atoms with Crippen molar-refractivity contribution >= 4 is 34.3 Å². The SMILES string of the molecule is O=c1[nH]c2c(c(=O)[nH]1)C(c1cccc([N+](=O)[O-])c1)c1c([nH]c(=O)[nH]c1=O)N2c1ncnc2c1ncn2[C@@H]1O[C@H](CO)[C@@H](O)[C@H]1O. The number of nitro groups is 1. The third-order valence-corrected chi connectivity index (χ3v) is 7.70. The molecule has 1 saturated heterocycles. The minimum Gasteiger partial charge on any atom is -0.394 e. The maximum atomic E-state index is 13.5. The summed E-state index contributed by atoms with van der Waals surface area (Å²) in [7, 11) is 0. The Hall–Kier alpha value is -5.83. The second kappa shape index (κ2) is 10.1. The molecule has 230 valence electrons. The monoisotopic (exact) mass is 620 g/mol. The first-order valence-electron chi connectivity index (χ1n) is 13.2. The molecule has 0 unspecified atom stereocenters. The van der Waals surface area contributed by atoms with Gasteiger partial charge in [0.15, 0.2) is 23.2 Å². The van der Waals surface area contributed by atoms with Crippen LogP contribution in [0.1, 0.15) is 28.8 Å². The van der Waals surface area contributed by atoms with Crippen molar-refractivity contribution in [1.82, 2.24) is 39.5 Å². The van der Waals surface area contributed by atoms with Crippen LogP contribution in [0.25, 0.3) is 11.2 Å². The number of hydrogen-bond acceptors (Lipinski definition) is 14. The molecule has 2 aliphatic rings. The van der Waals surface area contributed by atoms with E-state index in [1.54, 1.807) is 0 Å². The average Bonchev–Trinajstić information content (AvgIpc) is 3.56. The van der Waals surface area contributed by atoms with Crippen LogP contribution in [0.15, 0.2) is 56.1 Å². The van der Waals surface area contributed by atoms with Crippen LogP contribution >= 0.6 is 0 Å². The molecule has 5 aromatic rings. The van der Waals surface area contributed by atoms with E-state index in [0.29, 0.717) is 0 Å². The van der Waals surface area contributed by atoms with Crippen LogP contribution in [0.2, 0.25) is 0 Å². The number of imidazole rings is 1. The lowest BCUT2D eigenvalue weighted by Gasteiger charge is -2.34. The van der Waals surface area contributed by atoms with Gasteiger partial charge in [0.2, 0.25) is 0 Å². The molecule has 4 atom stereocenters. The van der Waals surface area contributed by atoms with Gasteiger partial charge in [-0.1, -0.05) is 12.1 Å². The maximum Gasteiger partial charge on any atom is 0.327 e. The Morgan fingerprint density at radius 1 is 0.933 bits per heavy atom. The minimum atomic E-state index is -1.49. The van der Waals surface area contributed by atoms with E-state index in [1.165, 1.54) is 29.1 Å². The van der Waals surface area contributed by atoms with Crippen LogP contribution in [0.3, 0.4) is 0 Å². The highest BCUT2D eigenvalue weighted by molar-refractivity contribution is 5.92. The lowest BCUT2D eigenvalue weighted by molar-refractivity contribution is -0.384. The zero-order chi connectivity index (χ0) is 31.7. The van der Waals surface area contributed by atoms with Gasteiger partial charge in [-0.3, -0.25) is 49.1 Å². The second-order valence-electron chi connectivity index (χ2n) is 10.2. The van der Waals surface area contributed by atoms with Crippen LogP contribution < -0.4 is 27.4 Å². The largest absolute Gasteiger partial charge is 0.394 e. The highest BCUT2D eigenvalue weighted by Gasteiger charge is 2.45. The van der Waals surface area contributed by atoms with Gasteiger partial charge in [-0.25, -0.2) is 24.5 Å². The van der Waals surface area contributed by atoms with Crippen molar-refractivity contribution in [2.45, 2.75) is 30.5 Å². The summed E-state index contributed by atoms with van der Waals surface area (Å²) >= 11 is 0. The molecule has 0 amide bonds. The lowest BCUT2D eigenvalue weighted by Crippen LogP contribution is -2.40. The molecule has 45 heavy (non-hydrogen) atoms. The Bertz CT molecular complexity index is 2180. The Balaban J connectivity index is 1.51. The molecular weight excluding hydrogens is 600 g/mol. The molecule has 20 nitrogen and oxygen atoms in total. The molecule has 7 rings (SSSR count). The van der Waals surface area contributed by atoms with Gasteiger partial charge in [0.25, 0.3) is 16.8 Å². The highest BCUT2D eigenvalue weighted by Crippen LogP contribution is 2.47. The first-order chi connectivity index (χ1) is 21.6. The Morgan fingerprint density at radius 3 is 2.20 bits per heavy atom. The van der Waals surface area contributed by atoms with Crippen molar-refractivity contribution < 1.29 is 25.0 Å². The van der Waals surface area contributed by atoms with Crippen LogP contribution in [-0.2, 0) is 4.74 Å². The summed E-state index contributed by atoms with van der Waals surface area (Å²) in [6, 6.07) is 5.18. The molecule has 7 N–H and O–H groups in total. The van der Waals surface area contributed by atoms with E-state index in [1.807, 2.05) is 0 Å². The number of rotatable bonds is 5. The summed E-state index contributed by atoms with van der Waals surface area (Å²) in [5, 5.41) is 42.0. The van der Waals surface area contributed by atoms with Gasteiger partial charge in [-0.05, 0) is 5.56 Å². The van der Waals surface area contributed by atoms with E-state index in [-0.39, 0.29) is 51.0 Å². The minimum absolute atomic E-state index is 0.0248. The molecule has 4 aromatic heterocycles. The number of nitrogens with one attached hydrogen (secondary N) is 4. The maximum absolute atomic E-state index is 13.5. The molecular formula is C25H20N10O10. The smallest absolute Gasteiger partial charge is 0.327 e. The van der Waals surface area contributed by atoms with Gasteiger partial charge >= 0.3 is 11.4 Å². The van der Waals surface area contributed by atoms with E-state index in [4.69, 9.17) is 4.74 Å². The first kappa shape index (κ1) is 28.0. The van der Waals surface area contributed by atoms with Gasteiger partial charge in [-0.15, -0.1) is 0 Å². The quantitative estimate of drug-likeness (QED) is 0.0815. The fraction of sp³-hybridized carbons (Fsp3) is 0.240. The molecule has 20 heteroatoms. The van der Waals surface area contributed by atoms with Crippen LogP contribution in [0.5, 0.6) is 0 Å². The number of nitrogens with zero attached hydrogens (tertiary/aromatic N) is 6. The predicted octanol–water partition coefficient (Wildman–Crippen LogP) is -1.94. The number of aliphatic hydroxyl groups excluding tert-OH is 3. The van der Waals surface area contributed by atoms with Crippen LogP contribution in [0, 0.1) is 10.1 Å². The topological polar surface area (TPSA) is 291 Å². The Labute approximate surface area is 246 Å². The van der Waals surface area contributed by atoms with Gasteiger partial charge in [0, 0.05) is 12.1 Å². The second-order valence-corrected chi connectivity index (χ2v) is 10.2. The van der Waals surface area contributed by atoms with Gasteiger partial charge < -0.3 is 20.1 Å². The molecule has 0 bridgehead atoms. The molecule has 2 aliphatic heterocycles. The van der Waals surface area contributed by atoms with Gasteiger partial charge in [-0.2, -0.15) is 0 Å². The van der Waals surface area contributed by atoms with Crippen LogP contribution in [-0.4, -0.2) is 84.6 Å². The lowest BCUT2D eigenvalue weighted by atomic mass is 9.83. The third-order valence-electron chi connectivity index (χ3n) is 7.70. The summed E-state index contributed by atoms with van der Waals surface area (Å²) in [5.74, 6) is -1.94. The number of hydrogen-bond donors (Lipinski definition) is 7. The van der Waals surface area contributed by atoms with Crippen LogP contribution in [0.4, 0.5) is 23.1 Å². The van der Waals surface area contributed by atoms with Crippen molar-refractivity contribution in [3.63, 3.8) is 0 Å². The molecule has 0 aliphatic carbocycles. The van der Waals surface area contributed by atoms with E-state index in [2.05, 4.69) is 34.9 Å². The zero-order valence-corrected chi connectivity index (χ0v) is 22.4. The molecule has 1 aromatic carbocycles. The Morgan fingerprint density at radius 2 is 1.60 bits per heavy atom. The van der Waals surface area contributed by atoms with Gasteiger partial charge in [0.1, 0.15) is 36.3 Å². The highest BCUT2D eigenvalue weighted by atomic mass is 16.6. The van der Waals surface area contributed by atoms with Crippen molar-refractivity contribution in [3.8, 4) is 0 Å². The molecule has 1 fully saturated rings. The Kier molecular flexibility index (Phi) is 6.29. The normalized spacial score (nSPS) is 21.2. The van der Waals surface area contributed by atoms with Crippen molar-refractivity contribution in [1.29, 1.82) is 0 Å². The summed E-state index contributed by atoms with van der Waals surface area (Å²) in [6.07, 6.45) is -2.99. The van der Waals surface area contributed by atoms with E-state index >= 15 is 0 Å². The van der Waals surface area contributed by atoms with Crippen molar-refractivity contribution in [2.24, 2.45) is 0 Å². The first-order valence-corrected chi connectivity index (χ1v) is 13.2. The molecule has 0 saturated carbocycles. The number of ether oxygens (including phenoxy) is 1. The fourth-order valence-electron chi connectivity index (χ4n) is 5.78. The summed E-state index contributed by atoms with van der Waals surface area (Å²) in [6.45, 7) is -0.585. The van der Waals surface area contributed by atoms with Gasteiger partial charge in [0.05, 0.1) is 34.9 Å². The van der Waals surface area contributed by atoms with Crippen molar-refractivity contribution in [3.05, 3.63) is 105 Å². The zero-order valence-electron chi connectivity index (χ0n) is 22.4. The number of nitro benzene ring substituents is 1. The average molecular weight is 620 g/mol. The third kappa shape index (κ3) is 4.19. The summed E-state index contributed by atoms with van der Waals surface area (Å²) < 4.78 is 6.87. The number of anilines is 3. The number of fused-ring (bicyclic) bond motifs is 3. The van der Waals surface area contributed by atoms with Crippen molar-refractivity contribution in [2.75, 3.05) is 11.5 Å². The summed E-state index contributed by atoms with van der Waals surface area (Å²) in [5.41, 5.74) is -4.43. The van der Waals surface area contributed by atoms with E-state index in [9.17, 15) is 44.6 Å². The van der Waals surface area contributed by atoms with E-state index in [0.717, 1.165) is 17.3 Å². The molecule has 0 spiro atoms. The number of aliphatic hydroxyl groups is 3. The number of benzene rings is 1. The number of non-ortho nitro benzene ring substituents is 1. The standard InChI is InChI=1S/C25H20N10O10/c36-5-10-15(37)16(38)23(45-10)33-7-28-14-19(33)26-6-27-20(14)34-17-12(21(39)31-24(41)29-17)11(8-2-1-3-9(4-8)35(43)44)13-18(34)30-25(42)32-22(13)40/h1-4,6-7,10-11,15-16,23,36-38H,5H2,(H2,29,31,39,41)(H2,30,32,40,42)/t10-,15-,16-,23-/m1/s1. The van der Waals surface area contributed by atoms with E-state index < -0.39 is 64.5 Å². The molecule has 0 radical (unpaired) electrons. The number of aromatic nitrogens is 8.